The van der Waals surface area contributed by atoms with Gasteiger partial charge in [-0.1, -0.05) is 17.7 Å². The monoisotopic (exact) mass is 449 g/mol. The maximum absolute atomic E-state index is 12.2. The fraction of sp³-hybridized carbons (Fsp3) is 0.0714. The quantitative estimate of drug-likeness (QED) is 0.621. The van der Waals surface area contributed by atoms with Crippen LogP contribution in [0.25, 0.3) is 0 Å². The number of carbonyl (C=O) groups is 1. The number of anilines is 1. The van der Waals surface area contributed by atoms with Gasteiger partial charge in [0.05, 0.1) is 16.3 Å². The van der Waals surface area contributed by atoms with Crippen molar-refractivity contribution < 1.29 is 4.79 Å². The average molecular weight is 451 g/mol. The van der Waals surface area contributed by atoms with Gasteiger partial charge in [0.2, 0.25) is 0 Å². The number of aryl methyl sites for hydroxylation is 1. The van der Waals surface area contributed by atoms with Crippen molar-refractivity contribution in [2.24, 2.45) is 0 Å². The fourth-order valence-corrected chi connectivity index (χ4v) is 2.68. The van der Waals surface area contributed by atoms with Crippen molar-refractivity contribution in [3.8, 4) is 0 Å². The smallest absolute Gasteiger partial charge is 0.256 e. The van der Waals surface area contributed by atoms with E-state index >= 15 is 0 Å². The number of benzene rings is 2. The van der Waals surface area contributed by atoms with E-state index in [0.717, 1.165) is 13.6 Å². The number of carbonyl (C=O) groups excluding carboxylic acids is 1. The predicted octanol–water partition coefficient (Wildman–Crippen LogP) is 5.27. The zero-order chi connectivity index (χ0) is 14.0. The van der Waals surface area contributed by atoms with Crippen LogP contribution in [0.15, 0.2) is 40.9 Å². The van der Waals surface area contributed by atoms with Gasteiger partial charge in [-0.2, -0.15) is 0 Å². The molecule has 0 saturated carbocycles. The molecule has 0 aliphatic carbocycles. The van der Waals surface area contributed by atoms with Crippen LogP contribution in [-0.4, -0.2) is 5.91 Å². The molecule has 0 heterocycles. The number of rotatable bonds is 2. The van der Waals surface area contributed by atoms with Crippen LogP contribution in [0.2, 0.25) is 5.02 Å². The molecule has 0 aliphatic heterocycles. The fourth-order valence-electron chi connectivity index (χ4n) is 1.60. The largest absolute Gasteiger partial charge is 0.321 e. The van der Waals surface area contributed by atoms with E-state index in [9.17, 15) is 4.79 Å². The molecule has 2 nitrogen and oxygen atoms in total. The Labute approximate surface area is 138 Å². The Hall–Kier alpha value is -0.590. The van der Waals surface area contributed by atoms with Crippen LogP contribution in [0.5, 0.6) is 0 Å². The molecule has 0 atom stereocenters. The van der Waals surface area contributed by atoms with Crippen molar-refractivity contribution in [1.82, 2.24) is 0 Å². The van der Waals surface area contributed by atoms with E-state index in [-0.39, 0.29) is 5.91 Å². The zero-order valence-electron chi connectivity index (χ0n) is 10.0. The zero-order valence-corrected chi connectivity index (χ0v) is 14.5. The van der Waals surface area contributed by atoms with Crippen molar-refractivity contribution in [1.29, 1.82) is 0 Å². The molecular weight excluding hydrogens is 440 g/mol. The van der Waals surface area contributed by atoms with Crippen LogP contribution < -0.4 is 5.32 Å². The molecule has 98 valence electrons. The molecule has 1 amide bonds. The molecule has 1 N–H and O–H groups in total. The molecule has 5 heteroatoms. The lowest BCUT2D eigenvalue weighted by molar-refractivity contribution is 0.102. The third-order valence-corrected chi connectivity index (χ3v) is 4.24. The number of halogens is 3. The molecule has 0 radical (unpaired) electrons. The molecule has 19 heavy (non-hydrogen) atoms. The van der Waals surface area contributed by atoms with Crippen LogP contribution in [0.4, 0.5) is 5.69 Å². The Morgan fingerprint density at radius 3 is 2.74 bits per heavy atom. The predicted molar refractivity (Wildman–Crippen MR) is 91.0 cm³/mol. The molecule has 0 aliphatic rings. The summed E-state index contributed by atoms with van der Waals surface area (Å²) in [6.07, 6.45) is 0. The highest BCUT2D eigenvalue weighted by molar-refractivity contribution is 14.1. The van der Waals surface area contributed by atoms with Gasteiger partial charge in [0.15, 0.2) is 0 Å². The minimum absolute atomic E-state index is 0.183. The minimum Gasteiger partial charge on any atom is -0.321 e. The topological polar surface area (TPSA) is 29.1 Å². The Morgan fingerprint density at radius 2 is 2.00 bits per heavy atom. The van der Waals surface area contributed by atoms with Crippen LogP contribution in [0.3, 0.4) is 0 Å². The van der Waals surface area contributed by atoms with Crippen molar-refractivity contribution in [2.45, 2.75) is 6.92 Å². The van der Waals surface area contributed by atoms with Crippen molar-refractivity contribution in [3.05, 3.63) is 60.6 Å². The van der Waals surface area contributed by atoms with E-state index in [1.807, 2.05) is 37.3 Å². The van der Waals surface area contributed by atoms with Crippen LogP contribution in [-0.2, 0) is 0 Å². The van der Waals surface area contributed by atoms with Gasteiger partial charge in [-0.3, -0.25) is 4.79 Å². The first kappa shape index (κ1) is 14.8. The number of hydrogen-bond donors (Lipinski definition) is 1. The lowest BCUT2D eigenvalue weighted by Crippen LogP contribution is -2.13. The second kappa shape index (κ2) is 6.24. The summed E-state index contributed by atoms with van der Waals surface area (Å²) in [6.45, 7) is 1.95. The maximum atomic E-state index is 12.2. The molecule has 2 aromatic rings. The second-order valence-corrected chi connectivity index (χ2v) is 6.57. The molecule has 0 fully saturated rings. The first-order valence-corrected chi connectivity index (χ1v) is 7.75. The second-order valence-electron chi connectivity index (χ2n) is 4.06. The summed E-state index contributed by atoms with van der Waals surface area (Å²) < 4.78 is 1.76. The summed E-state index contributed by atoms with van der Waals surface area (Å²) in [5, 5.41) is 3.36. The van der Waals surface area contributed by atoms with Crippen LogP contribution in [0.1, 0.15) is 15.9 Å². The number of hydrogen-bond acceptors (Lipinski definition) is 1. The maximum Gasteiger partial charge on any atom is 0.256 e. The Kier molecular flexibility index (Phi) is 4.86. The molecule has 2 aromatic carbocycles. The normalized spacial score (nSPS) is 10.3. The summed E-state index contributed by atoms with van der Waals surface area (Å²) in [5.41, 5.74) is 2.25. The van der Waals surface area contributed by atoms with Gasteiger partial charge in [0.1, 0.15) is 0 Å². The first-order valence-electron chi connectivity index (χ1n) is 5.50. The average Bonchev–Trinajstić information content (AvgIpc) is 2.36. The first-order chi connectivity index (χ1) is 8.97. The molecule has 0 unspecified atom stereocenters. The molecule has 2 rings (SSSR count). The molecule has 0 saturated heterocycles. The van der Waals surface area contributed by atoms with Gasteiger partial charge in [0.25, 0.3) is 5.91 Å². The van der Waals surface area contributed by atoms with Crippen molar-refractivity contribution in [2.75, 3.05) is 5.32 Å². The highest BCUT2D eigenvalue weighted by Crippen LogP contribution is 2.25. The summed E-state index contributed by atoms with van der Waals surface area (Å²) in [5.74, 6) is -0.183. The van der Waals surface area contributed by atoms with Crippen molar-refractivity contribution in [3.63, 3.8) is 0 Å². The third kappa shape index (κ3) is 3.70. The number of amides is 1. The van der Waals surface area contributed by atoms with Gasteiger partial charge in [-0.15, -0.1) is 0 Å². The van der Waals surface area contributed by atoms with Gasteiger partial charge in [0, 0.05) is 8.04 Å². The van der Waals surface area contributed by atoms with Crippen molar-refractivity contribution >= 4 is 61.7 Å². The van der Waals surface area contributed by atoms with E-state index in [4.69, 9.17) is 11.6 Å². The van der Waals surface area contributed by atoms with E-state index in [2.05, 4.69) is 43.8 Å². The molecule has 0 bridgehead atoms. The highest BCUT2D eigenvalue weighted by Gasteiger charge is 2.12. The lowest BCUT2D eigenvalue weighted by atomic mass is 10.2. The van der Waals surface area contributed by atoms with Gasteiger partial charge < -0.3 is 5.32 Å². The number of nitrogens with one attached hydrogen (secondary N) is 1. The van der Waals surface area contributed by atoms with Gasteiger partial charge in [-0.25, -0.2) is 0 Å². The van der Waals surface area contributed by atoms with Crippen LogP contribution in [0, 0.1) is 10.5 Å². The van der Waals surface area contributed by atoms with E-state index < -0.39 is 0 Å². The molecule has 0 aromatic heterocycles. The van der Waals surface area contributed by atoms with Gasteiger partial charge >= 0.3 is 0 Å². The third-order valence-electron chi connectivity index (χ3n) is 2.54. The summed E-state index contributed by atoms with van der Waals surface area (Å²) in [4.78, 5) is 12.2. The SMILES string of the molecule is Cc1ccc(Cl)c(NC(=O)c2cc(I)ccc2Br)c1. The van der Waals surface area contributed by atoms with E-state index in [0.29, 0.717) is 16.3 Å². The van der Waals surface area contributed by atoms with E-state index in [1.54, 1.807) is 6.07 Å². The minimum atomic E-state index is -0.183. The standard InChI is InChI=1S/C14H10BrClINO/c1-8-2-5-12(16)13(6-8)18-14(19)10-7-9(17)3-4-11(10)15/h2-7H,1H3,(H,18,19). The summed E-state index contributed by atoms with van der Waals surface area (Å²) in [6, 6.07) is 11.1. The Balaban J connectivity index is 2.30. The molecule has 0 spiro atoms. The Morgan fingerprint density at radius 1 is 1.26 bits per heavy atom. The summed E-state index contributed by atoms with van der Waals surface area (Å²) in [7, 11) is 0. The Bertz CT molecular complexity index is 645. The lowest BCUT2D eigenvalue weighted by Gasteiger charge is -2.09. The van der Waals surface area contributed by atoms with Gasteiger partial charge in [-0.05, 0) is 81.3 Å². The van der Waals surface area contributed by atoms with Crippen LogP contribution >= 0.6 is 50.1 Å². The highest BCUT2D eigenvalue weighted by atomic mass is 127. The molecular formula is C14H10BrClINO. The van der Waals surface area contributed by atoms with E-state index in [1.165, 1.54) is 0 Å². The summed E-state index contributed by atoms with van der Waals surface area (Å²) >= 11 is 11.6.